The van der Waals surface area contributed by atoms with Crippen LogP contribution in [0.4, 0.5) is 22.7 Å². The normalized spacial score (nSPS) is 14.0. The summed E-state index contributed by atoms with van der Waals surface area (Å²) in [6, 6.07) is 67.6. The van der Waals surface area contributed by atoms with Gasteiger partial charge in [-0.05, 0) is 107 Å². The molecular formula is C59H48N4O. The van der Waals surface area contributed by atoms with Crippen molar-refractivity contribution in [3.63, 3.8) is 0 Å². The fourth-order valence-electron chi connectivity index (χ4n) is 9.13. The second-order valence-electron chi connectivity index (χ2n) is 16.5. The Morgan fingerprint density at radius 1 is 0.562 bits per heavy atom. The second kappa shape index (κ2) is 16.4. The molecule has 5 heteroatoms. The number of anilines is 4. The third-order valence-electron chi connectivity index (χ3n) is 12.0. The third-order valence-corrected chi connectivity index (χ3v) is 12.0. The Labute approximate surface area is 382 Å². The van der Waals surface area contributed by atoms with Crippen molar-refractivity contribution in [1.82, 2.24) is 9.55 Å². The number of nitrogens with zero attached hydrogens (tertiary/aromatic N) is 4. The molecule has 1 aliphatic heterocycles. The summed E-state index contributed by atoms with van der Waals surface area (Å²) in [5, 5.41) is 2.04. The minimum atomic E-state index is -2.27. The highest BCUT2D eigenvalue weighted by atomic mass is 16.5. The Morgan fingerprint density at radius 2 is 1.20 bits per heavy atom. The number of hydrogen-bond donors (Lipinski definition) is 0. The lowest BCUT2D eigenvalue weighted by Crippen LogP contribution is -2.25. The van der Waals surface area contributed by atoms with E-state index in [1.165, 1.54) is 0 Å². The van der Waals surface area contributed by atoms with Crippen LogP contribution in [0.3, 0.4) is 0 Å². The van der Waals surface area contributed by atoms with E-state index in [1.807, 2.05) is 91.2 Å². The Balaban J connectivity index is 0.942. The number of ether oxygens (including phenoxy) is 1. The van der Waals surface area contributed by atoms with Gasteiger partial charge in [0.05, 0.1) is 28.1 Å². The average molecular weight is 834 g/mol. The van der Waals surface area contributed by atoms with Gasteiger partial charge in [0.25, 0.3) is 0 Å². The van der Waals surface area contributed by atoms with E-state index >= 15 is 0 Å². The van der Waals surface area contributed by atoms with Crippen molar-refractivity contribution in [1.29, 1.82) is 0 Å². The predicted octanol–water partition coefficient (Wildman–Crippen LogP) is 15.7. The fourth-order valence-corrected chi connectivity index (χ4v) is 9.13. The van der Waals surface area contributed by atoms with Crippen LogP contribution < -0.4 is 14.5 Å². The molecule has 0 saturated heterocycles. The summed E-state index contributed by atoms with van der Waals surface area (Å²) in [5.41, 5.74) is 13.5. The second-order valence-corrected chi connectivity index (χ2v) is 16.5. The molecule has 64 heavy (non-hydrogen) atoms. The highest BCUT2D eigenvalue weighted by Gasteiger charge is 2.31. The monoisotopic (exact) mass is 833 g/mol. The minimum Gasteiger partial charge on any atom is -0.457 e. The average Bonchev–Trinajstić information content (AvgIpc) is 3.92. The maximum Gasteiger partial charge on any atom is 0.137 e. The topological polar surface area (TPSA) is 33.5 Å². The predicted molar refractivity (Wildman–Crippen MR) is 267 cm³/mol. The van der Waals surface area contributed by atoms with Gasteiger partial charge in [0.15, 0.2) is 0 Å². The first kappa shape index (κ1) is 33.7. The van der Waals surface area contributed by atoms with Crippen LogP contribution >= 0.6 is 0 Å². The molecule has 0 aliphatic carbocycles. The maximum atomic E-state index is 8.57. The van der Waals surface area contributed by atoms with Gasteiger partial charge in [0, 0.05) is 52.8 Å². The van der Waals surface area contributed by atoms with Crippen LogP contribution in [-0.4, -0.2) is 16.2 Å². The maximum absolute atomic E-state index is 8.57. The summed E-state index contributed by atoms with van der Waals surface area (Å²) >= 11 is 0. The number of benzene rings is 8. The van der Waals surface area contributed by atoms with Gasteiger partial charge < -0.3 is 14.5 Å². The molecule has 0 saturated carbocycles. The van der Waals surface area contributed by atoms with Gasteiger partial charge in [-0.25, -0.2) is 4.98 Å². The Hall–Kier alpha value is -7.89. The van der Waals surface area contributed by atoms with E-state index in [0.29, 0.717) is 29.5 Å². The van der Waals surface area contributed by atoms with Gasteiger partial charge in [-0.2, -0.15) is 0 Å². The van der Waals surface area contributed by atoms with E-state index < -0.39 is 13.2 Å². The molecule has 0 amide bonds. The molecule has 1 aliphatic rings. The Bertz CT molecular complexity index is 3510. The molecule has 0 radical (unpaired) electrons. The summed E-state index contributed by atoms with van der Waals surface area (Å²) in [6.45, 7) is 2.10. The van der Waals surface area contributed by atoms with E-state index in [9.17, 15) is 0 Å². The zero-order chi connectivity index (χ0) is 47.4. The van der Waals surface area contributed by atoms with E-state index in [2.05, 4.69) is 130 Å². The molecule has 0 spiro atoms. The zero-order valence-corrected chi connectivity index (χ0v) is 35.6. The number of hydrogen-bond acceptors (Lipinski definition) is 4. The highest BCUT2D eigenvalue weighted by molar-refractivity contribution is 6.09. The van der Waals surface area contributed by atoms with Crippen molar-refractivity contribution in [2.45, 2.75) is 27.1 Å². The molecule has 0 N–H and O–H groups in total. The highest BCUT2D eigenvalue weighted by Crippen LogP contribution is 2.50. The fraction of sp³-hybridized carbons (Fsp3) is 0.102. The molecule has 0 fully saturated rings. The molecule has 0 bridgehead atoms. The van der Waals surface area contributed by atoms with Gasteiger partial charge in [0.1, 0.15) is 24.0 Å². The van der Waals surface area contributed by atoms with Crippen molar-refractivity contribution in [2.24, 2.45) is 5.92 Å². The first-order chi connectivity index (χ1) is 33.4. The molecule has 3 heterocycles. The van der Waals surface area contributed by atoms with Crippen molar-refractivity contribution in [2.75, 3.05) is 16.5 Å². The standard InChI is InChI=1S/C59H48N4O/c1-40(2)35-42-23-25-43(26-24-42)44-27-29-46(30-28-44)51-19-12-18-50(45-13-5-4-6-14-45)59(51)62-39-61(55-21-9-10-22-56(55)62)47-15-11-16-48(37-47)64-49-31-32-53-52-17-7-8-20-54(52)63(57(53)38-49)58-36-41(3)33-34-60-58/h4-34,36-38,40H,35,39H2,1-3H3/i3D3,35D2. The van der Waals surface area contributed by atoms with Crippen molar-refractivity contribution >= 4 is 44.6 Å². The van der Waals surface area contributed by atoms with Gasteiger partial charge >= 0.3 is 0 Å². The lowest BCUT2D eigenvalue weighted by atomic mass is 9.93. The lowest BCUT2D eigenvalue weighted by Gasteiger charge is -2.27. The number of para-hydroxylation sites is 4. The SMILES string of the molecule is [2H]C([2H])([2H])c1ccnc(-n2c3ccccc3c3ccc(Oc4cccc(N5CN(c6c(-c7ccccc7)cccc6-c6ccc(-c7ccc(C([2H])([2H])C(C)C)cc7)cc6)c6ccccc65)c4)cc32)c1. The van der Waals surface area contributed by atoms with Crippen LogP contribution in [0.25, 0.3) is 61.0 Å². The molecule has 0 unspecified atom stereocenters. The van der Waals surface area contributed by atoms with Crippen LogP contribution in [0.5, 0.6) is 11.5 Å². The molecule has 0 atom stereocenters. The van der Waals surface area contributed by atoms with Crippen LogP contribution in [0.2, 0.25) is 0 Å². The van der Waals surface area contributed by atoms with Gasteiger partial charge in [0.2, 0.25) is 0 Å². The van der Waals surface area contributed by atoms with Crippen LogP contribution in [0.15, 0.2) is 206 Å². The number of rotatable bonds is 10. The Morgan fingerprint density at radius 3 is 1.97 bits per heavy atom. The number of pyridine rings is 1. The zero-order valence-electron chi connectivity index (χ0n) is 40.6. The molecule has 10 aromatic rings. The van der Waals surface area contributed by atoms with E-state index in [4.69, 9.17) is 11.6 Å². The summed E-state index contributed by atoms with van der Waals surface area (Å²) < 4.78 is 50.0. The molecule has 2 aromatic heterocycles. The summed E-state index contributed by atoms with van der Waals surface area (Å²) in [5.74, 6) is 1.70. The van der Waals surface area contributed by atoms with Crippen LogP contribution in [0.1, 0.15) is 31.8 Å². The quantitative estimate of drug-likeness (QED) is 0.137. The van der Waals surface area contributed by atoms with Crippen LogP contribution in [0, 0.1) is 12.8 Å². The van der Waals surface area contributed by atoms with E-state index in [-0.39, 0.29) is 11.5 Å². The van der Waals surface area contributed by atoms with Gasteiger partial charge in [-0.1, -0.05) is 147 Å². The van der Waals surface area contributed by atoms with Gasteiger partial charge in [-0.3, -0.25) is 4.57 Å². The largest absolute Gasteiger partial charge is 0.457 e. The molecule has 8 aromatic carbocycles. The molecular weight excluding hydrogens is 781 g/mol. The van der Waals surface area contributed by atoms with E-state index in [0.717, 1.165) is 77.9 Å². The van der Waals surface area contributed by atoms with Crippen molar-refractivity contribution in [3.05, 3.63) is 218 Å². The smallest absolute Gasteiger partial charge is 0.137 e. The summed E-state index contributed by atoms with van der Waals surface area (Å²) in [7, 11) is 0. The first-order valence-corrected chi connectivity index (χ1v) is 21.7. The lowest BCUT2D eigenvalue weighted by molar-refractivity contribution is 0.483. The summed E-state index contributed by atoms with van der Waals surface area (Å²) in [6.07, 6.45) is 0.155. The number of fused-ring (bicyclic) bond motifs is 4. The van der Waals surface area contributed by atoms with E-state index in [1.54, 1.807) is 18.3 Å². The molecule has 5 nitrogen and oxygen atoms in total. The molecule has 310 valence electrons. The number of aryl methyl sites for hydroxylation is 1. The number of aromatic nitrogens is 2. The molecule has 11 rings (SSSR count). The van der Waals surface area contributed by atoms with Crippen LogP contribution in [-0.2, 0) is 6.37 Å². The minimum absolute atomic E-state index is 0.131. The van der Waals surface area contributed by atoms with Crippen molar-refractivity contribution in [3.8, 4) is 50.7 Å². The first-order valence-electron chi connectivity index (χ1n) is 24.2. The van der Waals surface area contributed by atoms with Gasteiger partial charge in [-0.15, -0.1) is 0 Å². The Kier molecular flexibility index (Phi) is 8.65. The third kappa shape index (κ3) is 7.25. The summed E-state index contributed by atoms with van der Waals surface area (Å²) in [4.78, 5) is 9.38. The van der Waals surface area contributed by atoms with Crippen molar-refractivity contribution < 1.29 is 11.6 Å².